The highest BCUT2D eigenvalue weighted by Gasteiger charge is 2.15. The molecule has 30 heavy (non-hydrogen) atoms. The fraction of sp³-hybridized carbons (Fsp3) is 0.217. The molecule has 0 bridgehead atoms. The van der Waals surface area contributed by atoms with Gasteiger partial charge >= 0.3 is 0 Å². The second-order valence-electron chi connectivity index (χ2n) is 7.47. The summed E-state index contributed by atoms with van der Waals surface area (Å²) in [6, 6.07) is 12.7. The predicted octanol–water partition coefficient (Wildman–Crippen LogP) is 4.69. The lowest BCUT2D eigenvalue weighted by atomic mass is 10.1. The summed E-state index contributed by atoms with van der Waals surface area (Å²) in [6.45, 7) is 9.78. The summed E-state index contributed by atoms with van der Waals surface area (Å²) in [5, 5.41) is 15.1. The smallest absolute Gasteiger partial charge is 0.273 e. The maximum atomic E-state index is 12.3. The number of benzene rings is 2. The second kappa shape index (κ2) is 8.32. The van der Waals surface area contributed by atoms with Gasteiger partial charge < -0.3 is 4.57 Å². The number of nitro groups is 1. The lowest BCUT2D eigenvalue weighted by molar-refractivity contribution is -0.385. The summed E-state index contributed by atoms with van der Waals surface area (Å²) < 4.78 is 2.15. The summed E-state index contributed by atoms with van der Waals surface area (Å²) in [4.78, 5) is 22.9. The molecule has 0 radical (unpaired) electrons. The second-order valence-corrected chi connectivity index (χ2v) is 7.47. The third-order valence-corrected chi connectivity index (χ3v) is 4.97. The van der Waals surface area contributed by atoms with Gasteiger partial charge in [-0.05, 0) is 70.0 Å². The number of carbonyl (C=O) groups excluding carboxylic acids is 1. The maximum absolute atomic E-state index is 12.3. The van der Waals surface area contributed by atoms with Gasteiger partial charge in [-0.15, -0.1) is 0 Å². The van der Waals surface area contributed by atoms with Gasteiger partial charge in [0.25, 0.3) is 11.6 Å². The van der Waals surface area contributed by atoms with E-state index in [2.05, 4.69) is 47.1 Å². The molecule has 2 aromatic carbocycles. The van der Waals surface area contributed by atoms with E-state index in [1.165, 1.54) is 17.2 Å². The third-order valence-electron chi connectivity index (χ3n) is 4.97. The van der Waals surface area contributed by atoms with Crippen molar-refractivity contribution in [2.75, 3.05) is 0 Å². The van der Waals surface area contributed by atoms with Gasteiger partial charge in [-0.1, -0.05) is 12.1 Å². The average Bonchev–Trinajstić information content (AvgIpc) is 2.94. The van der Waals surface area contributed by atoms with Crippen LogP contribution in [0.4, 0.5) is 5.69 Å². The van der Waals surface area contributed by atoms with Gasteiger partial charge in [-0.25, -0.2) is 5.43 Å². The van der Waals surface area contributed by atoms with E-state index in [1.54, 1.807) is 25.3 Å². The largest absolute Gasteiger partial charge is 0.318 e. The molecular weight excluding hydrogens is 380 g/mol. The molecule has 154 valence electrons. The molecule has 0 aliphatic heterocycles. The van der Waals surface area contributed by atoms with Crippen molar-refractivity contribution in [3.63, 3.8) is 0 Å². The van der Waals surface area contributed by atoms with E-state index < -0.39 is 10.8 Å². The summed E-state index contributed by atoms with van der Waals surface area (Å²) in [7, 11) is 0. The van der Waals surface area contributed by atoms with Crippen LogP contribution in [0.25, 0.3) is 5.69 Å². The highest BCUT2D eigenvalue weighted by atomic mass is 16.6. The van der Waals surface area contributed by atoms with Crippen molar-refractivity contribution in [2.24, 2.45) is 5.10 Å². The summed E-state index contributed by atoms with van der Waals surface area (Å²) in [5.74, 6) is -0.502. The van der Waals surface area contributed by atoms with Crippen LogP contribution in [0.1, 0.15) is 44.0 Å². The van der Waals surface area contributed by atoms with E-state index in [0.29, 0.717) is 5.56 Å². The van der Waals surface area contributed by atoms with Gasteiger partial charge in [0.05, 0.1) is 11.1 Å². The van der Waals surface area contributed by atoms with Crippen LogP contribution >= 0.6 is 0 Å². The Bertz CT molecular complexity index is 1160. The first-order chi connectivity index (χ1) is 14.2. The lowest BCUT2D eigenvalue weighted by Gasteiger charge is -2.11. The normalized spacial score (nSPS) is 11.1. The summed E-state index contributed by atoms with van der Waals surface area (Å²) >= 11 is 0. The molecule has 0 aliphatic rings. The predicted molar refractivity (Wildman–Crippen MR) is 118 cm³/mol. The van der Waals surface area contributed by atoms with Crippen molar-refractivity contribution in [2.45, 2.75) is 34.6 Å². The zero-order valence-corrected chi connectivity index (χ0v) is 17.7. The molecule has 0 saturated heterocycles. The maximum Gasteiger partial charge on any atom is 0.273 e. The van der Waals surface area contributed by atoms with Crippen LogP contribution in [0.3, 0.4) is 0 Å². The quantitative estimate of drug-likeness (QED) is 0.380. The van der Waals surface area contributed by atoms with Crippen molar-refractivity contribution in [1.29, 1.82) is 0 Å². The summed E-state index contributed by atoms with van der Waals surface area (Å²) in [6.07, 6.45) is 1.59. The molecule has 1 heterocycles. The van der Waals surface area contributed by atoms with Crippen molar-refractivity contribution < 1.29 is 9.72 Å². The van der Waals surface area contributed by atoms with Gasteiger partial charge in [0, 0.05) is 39.8 Å². The lowest BCUT2D eigenvalue weighted by Crippen LogP contribution is -2.18. The Morgan fingerprint density at radius 1 is 1.03 bits per heavy atom. The van der Waals surface area contributed by atoms with Crippen molar-refractivity contribution >= 4 is 17.8 Å². The van der Waals surface area contributed by atoms with Crippen LogP contribution in [0.5, 0.6) is 0 Å². The van der Waals surface area contributed by atoms with E-state index >= 15 is 0 Å². The molecule has 1 N–H and O–H groups in total. The van der Waals surface area contributed by atoms with Crippen LogP contribution in [-0.2, 0) is 0 Å². The van der Waals surface area contributed by atoms with Gasteiger partial charge in [0.15, 0.2) is 0 Å². The number of hydrazone groups is 1. The molecule has 0 unspecified atom stereocenters. The number of nitrogens with zero attached hydrogens (tertiary/aromatic N) is 3. The Hall–Kier alpha value is -3.74. The number of hydrogen-bond acceptors (Lipinski definition) is 4. The molecule has 1 amide bonds. The number of nitrogens with one attached hydrogen (secondary N) is 1. The van der Waals surface area contributed by atoms with E-state index in [1.807, 2.05) is 19.9 Å². The number of rotatable bonds is 5. The topological polar surface area (TPSA) is 89.5 Å². The highest BCUT2D eigenvalue weighted by Crippen LogP contribution is 2.22. The number of carbonyl (C=O) groups is 1. The number of hydrogen-bond donors (Lipinski definition) is 1. The first-order valence-electron chi connectivity index (χ1n) is 9.53. The number of aromatic nitrogens is 1. The van der Waals surface area contributed by atoms with Crippen molar-refractivity contribution in [3.05, 3.63) is 91.8 Å². The molecule has 7 nitrogen and oxygen atoms in total. The fourth-order valence-electron chi connectivity index (χ4n) is 3.57. The minimum atomic E-state index is -0.503. The molecule has 0 fully saturated rings. The van der Waals surface area contributed by atoms with E-state index in [4.69, 9.17) is 0 Å². The summed E-state index contributed by atoms with van der Waals surface area (Å²) in [5.41, 5.74) is 9.43. The minimum Gasteiger partial charge on any atom is -0.318 e. The van der Waals surface area contributed by atoms with Crippen molar-refractivity contribution in [3.8, 4) is 5.69 Å². The van der Waals surface area contributed by atoms with Crippen molar-refractivity contribution in [1.82, 2.24) is 9.99 Å². The molecule has 0 atom stereocenters. The number of aryl methyl sites for hydroxylation is 4. The molecule has 7 heteroatoms. The molecule has 3 aromatic rings. The Balaban J connectivity index is 1.81. The molecular formula is C23H24N4O3. The van der Waals surface area contributed by atoms with Gasteiger partial charge in [-0.2, -0.15) is 5.10 Å². The van der Waals surface area contributed by atoms with Gasteiger partial charge in [-0.3, -0.25) is 14.9 Å². The van der Waals surface area contributed by atoms with E-state index in [0.717, 1.165) is 22.6 Å². The Kier molecular flexibility index (Phi) is 5.82. The zero-order valence-electron chi connectivity index (χ0n) is 17.7. The van der Waals surface area contributed by atoms with E-state index in [-0.39, 0.29) is 11.3 Å². The molecule has 1 aromatic heterocycles. The molecule has 0 saturated carbocycles. The van der Waals surface area contributed by atoms with Gasteiger partial charge in [0.2, 0.25) is 0 Å². The SMILES string of the molecule is Cc1cc(C)cc(-n2c(C)cc(/C=N\NC(=O)c3ccc(C)c([N+](=O)[O-])c3)c2C)c1. The van der Waals surface area contributed by atoms with Crippen LogP contribution < -0.4 is 5.43 Å². The monoisotopic (exact) mass is 404 g/mol. The van der Waals surface area contributed by atoms with Gasteiger partial charge in [0.1, 0.15) is 0 Å². The first kappa shape index (κ1) is 21.0. The minimum absolute atomic E-state index is 0.0939. The Morgan fingerprint density at radius 2 is 1.70 bits per heavy atom. The Morgan fingerprint density at radius 3 is 2.33 bits per heavy atom. The van der Waals surface area contributed by atoms with Crippen LogP contribution in [0, 0.1) is 44.7 Å². The Labute approximate surface area is 175 Å². The standard InChI is InChI=1S/C23H24N4O3/c1-14-8-15(2)10-21(9-14)26-17(4)11-20(18(26)5)13-24-25-23(28)19-7-6-16(3)22(12-19)27(29)30/h6-13H,1-5H3,(H,25,28)/b24-13-. The average molecular weight is 404 g/mol. The molecule has 0 spiro atoms. The number of nitro benzene ring substituents is 1. The molecule has 0 aliphatic carbocycles. The fourth-order valence-corrected chi connectivity index (χ4v) is 3.57. The zero-order chi connectivity index (χ0) is 22.0. The first-order valence-corrected chi connectivity index (χ1v) is 9.53. The molecule has 3 rings (SSSR count). The van der Waals surface area contributed by atoms with E-state index in [9.17, 15) is 14.9 Å². The van der Waals surface area contributed by atoms with Crippen LogP contribution in [0.15, 0.2) is 47.6 Å². The number of amides is 1. The van der Waals surface area contributed by atoms with Crippen LogP contribution in [-0.4, -0.2) is 21.6 Å². The highest BCUT2D eigenvalue weighted by molar-refractivity contribution is 5.95. The van der Waals surface area contributed by atoms with Crippen LogP contribution in [0.2, 0.25) is 0 Å². The third kappa shape index (κ3) is 4.30.